The highest BCUT2D eigenvalue weighted by Gasteiger charge is 2.32. The van der Waals surface area contributed by atoms with Gasteiger partial charge in [0.2, 0.25) is 23.6 Å². The van der Waals surface area contributed by atoms with Crippen LogP contribution in [0, 0.1) is 5.82 Å². The zero-order chi connectivity index (χ0) is 35.3. The van der Waals surface area contributed by atoms with Gasteiger partial charge in [-0.05, 0) is 47.5 Å². The molecule has 4 amide bonds. The topological polar surface area (TPSA) is 169 Å². The lowest BCUT2D eigenvalue weighted by Crippen LogP contribution is -2.58. The second-order valence-electron chi connectivity index (χ2n) is 11.2. The van der Waals surface area contributed by atoms with Crippen molar-refractivity contribution < 1.29 is 38.5 Å². The Kier molecular flexibility index (Phi) is 14.5. The SMILES string of the molecule is O=C(N[C@@H](CO)C(=O)N[C@@H](Cc1ccccc1)C(=O)N[C@@H](CO)C(=O)Nc1ccc(N2CCOCC2)cc1)C(Br)C(Br)c1ccc(F)cc1. The van der Waals surface area contributed by atoms with Crippen LogP contribution in [0.25, 0.3) is 0 Å². The summed E-state index contributed by atoms with van der Waals surface area (Å²) in [6, 6.07) is 17.4. The minimum absolute atomic E-state index is 0.00237. The molecule has 0 radical (unpaired) electrons. The number of nitrogens with one attached hydrogen (secondary N) is 4. The highest BCUT2D eigenvalue weighted by molar-refractivity contribution is 9.12. The summed E-state index contributed by atoms with van der Waals surface area (Å²) in [6.45, 7) is 1.26. The Bertz CT molecular complexity index is 1550. The van der Waals surface area contributed by atoms with Gasteiger partial charge in [-0.1, -0.05) is 74.3 Å². The van der Waals surface area contributed by atoms with E-state index in [4.69, 9.17) is 4.74 Å². The predicted molar refractivity (Wildman–Crippen MR) is 189 cm³/mol. The molecule has 15 heteroatoms. The maximum absolute atomic E-state index is 13.5. The van der Waals surface area contributed by atoms with Crippen LogP contribution >= 0.6 is 31.9 Å². The summed E-state index contributed by atoms with van der Waals surface area (Å²) < 4.78 is 18.7. The predicted octanol–water partition coefficient (Wildman–Crippen LogP) is 2.18. The number of ether oxygens (including phenoxy) is 1. The molecular weight excluding hydrogens is 769 g/mol. The van der Waals surface area contributed by atoms with E-state index < -0.39 is 70.4 Å². The van der Waals surface area contributed by atoms with Crippen LogP contribution in [0.15, 0.2) is 78.9 Å². The Hall–Kier alpha value is -3.89. The molecule has 1 fully saturated rings. The molecule has 1 aliphatic heterocycles. The van der Waals surface area contributed by atoms with Crippen LogP contribution in [0.5, 0.6) is 0 Å². The molecule has 6 N–H and O–H groups in total. The number of carbonyl (C=O) groups is 4. The number of anilines is 2. The van der Waals surface area contributed by atoms with Crippen LogP contribution in [-0.2, 0) is 30.3 Å². The fourth-order valence-electron chi connectivity index (χ4n) is 5.00. The average Bonchev–Trinajstić information content (AvgIpc) is 3.13. The van der Waals surface area contributed by atoms with Gasteiger partial charge in [0.15, 0.2) is 0 Å². The van der Waals surface area contributed by atoms with Crippen molar-refractivity contribution in [3.63, 3.8) is 0 Å². The number of nitrogens with zero attached hydrogens (tertiary/aromatic N) is 1. The summed E-state index contributed by atoms with van der Waals surface area (Å²) in [5.41, 5.74) is 2.70. The van der Waals surface area contributed by atoms with Crippen molar-refractivity contribution in [2.45, 2.75) is 34.2 Å². The first-order valence-electron chi connectivity index (χ1n) is 15.5. The van der Waals surface area contributed by atoms with Crippen molar-refractivity contribution >= 4 is 66.9 Å². The number of benzene rings is 3. The highest BCUT2D eigenvalue weighted by atomic mass is 79.9. The maximum Gasteiger partial charge on any atom is 0.249 e. The van der Waals surface area contributed by atoms with Crippen LogP contribution < -0.4 is 26.2 Å². The van der Waals surface area contributed by atoms with Gasteiger partial charge in [-0.15, -0.1) is 0 Å². The third-order valence-electron chi connectivity index (χ3n) is 7.75. The van der Waals surface area contributed by atoms with Gasteiger partial charge in [0, 0.05) is 30.9 Å². The zero-order valence-electron chi connectivity index (χ0n) is 26.4. The van der Waals surface area contributed by atoms with E-state index in [1.165, 1.54) is 24.3 Å². The van der Waals surface area contributed by atoms with Gasteiger partial charge in [-0.25, -0.2) is 4.39 Å². The highest BCUT2D eigenvalue weighted by Crippen LogP contribution is 2.31. The largest absolute Gasteiger partial charge is 0.394 e. The van der Waals surface area contributed by atoms with Crippen molar-refractivity contribution in [3.8, 4) is 0 Å². The Morgan fingerprint density at radius 1 is 0.735 bits per heavy atom. The normalized spacial score (nSPS) is 16.0. The Balaban J connectivity index is 1.40. The van der Waals surface area contributed by atoms with Crippen LogP contribution in [0.2, 0.25) is 0 Å². The molecule has 0 aromatic heterocycles. The Morgan fingerprint density at radius 2 is 1.29 bits per heavy atom. The van der Waals surface area contributed by atoms with E-state index in [1.54, 1.807) is 42.5 Å². The first-order valence-corrected chi connectivity index (χ1v) is 17.4. The van der Waals surface area contributed by atoms with E-state index in [2.05, 4.69) is 58.0 Å². The van der Waals surface area contributed by atoms with Gasteiger partial charge in [-0.3, -0.25) is 19.2 Å². The van der Waals surface area contributed by atoms with E-state index in [1.807, 2.05) is 12.1 Å². The zero-order valence-corrected chi connectivity index (χ0v) is 29.5. The molecule has 262 valence electrons. The molecule has 1 saturated heterocycles. The number of alkyl halides is 2. The maximum atomic E-state index is 13.5. The molecule has 1 aliphatic rings. The Labute approximate surface area is 300 Å². The molecule has 3 aromatic rings. The average molecular weight is 808 g/mol. The van der Waals surface area contributed by atoms with E-state index in [-0.39, 0.29) is 6.42 Å². The number of amides is 4. The van der Waals surface area contributed by atoms with E-state index in [9.17, 15) is 33.8 Å². The van der Waals surface area contributed by atoms with Crippen molar-refractivity contribution in [3.05, 3.63) is 95.8 Å². The van der Waals surface area contributed by atoms with Gasteiger partial charge in [-0.2, -0.15) is 0 Å². The number of hydrogen-bond acceptors (Lipinski definition) is 8. The lowest BCUT2D eigenvalue weighted by molar-refractivity contribution is -0.133. The third-order valence-corrected chi connectivity index (χ3v) is 10.5. The van der Waals surface area contributed by atoms with Crippen LogP contribution in [-0.4, -0.2) is 96.3 Å². The smallest absolute Gasteiger partial charge is 0.249 e. The summed E-state index contributed by atoms with van der Waals surface area (Å²) in [6.07, 6.45) is 0.00237. The van der Waals surface area contributed by atoms with Gasteiger partial charge in [0.25, 0.3) is 0 Å². The van der Waals surface area contributed by atoms with Crippen molar-refractivity contribution in [2.75, 3.05) is 49.7 Å². The quantitative estimate of drug-likeness (QED) is 0.127. The lowest BCUT2D eigenvalue weighted by Gasteiger charge is -2.29. The van der Waals surface area contributed by atoms with Crippen LogP contribution in [0.3, 0.4) is 0 Å². The second-order valence-corrected chi connectivity index (χ2v) is 13.2. The van der Waals surface area contributed by atoms with Gasteiger partial charge in [0.1, 0.15) is 28.8 Å². The first-order chi connectivity index (χ1) is 23.6. The van der Waals surface area contributed by atoms with Gasteiger partial charge in [0.05, 0.1) is 31.3 Å². The summed E-state index contributed by atoms with van der Waals surface area (Å²) >= 11 is 6.68. The van der Waals surface area contributed by atoms with Crippen molar-refractivity contribution in [1.82, 2.24) is 16.0 Å². The number of morpholine rings is 1. The van der Waals surface area contributed by atoms with Crippen molar-refractivity contribution in [1.29, 1.82) is 0 Å². The number of aliphatic hydroxyl groups is 2. The molecule has 0 aliphatic carbocycles. The summed E-state index contributed by atoms with van der Waals surface area (Å²) in [5, 5.41) is 30.2. The molecule has 4 rings (SSSR count). The number of aliphatic hydroxyl groups excluding tert-OH is 2. The van der Waals surface area contributed by atoms with Gasteiger partial charge < -0.3 is 41.1 Å². The molecule has 2 unspecified atom stereocenters. The molecule has 3 aromatic carbocycles. The standard InChI is InChI=1S/C34H38Br2FN5O7/c35-29(22-6-8-23(37)9-7-22)30(36)34(48)41-28(20-44)33(47)39-26(18-21-4-2-1-3-5-21)31(45)40-27(19-43)32(46)38-24-10-12-25(13-11-24)42-14-16-49-17-15-42/h1-13,26-30,43-44H,14-20H2,(H,38,46)(H,39,47)(H,40,45)(H,41,48)/t26-,27-,28-,29?,30?/m0/s1. The fourth-order valence-corrected chi connectivity index (χ4v) is 5.98. The molecule has 0 bridgehead atoms. The molecule has 49 heavy (non-hydrogen) atoms. The molecular formula is C34H38Br2FN5O7. The minimum atomic E-state index is -1.44. The van der Waals surface area contributed by atoms with Crippen LogP contribution in [0.1, 0.15) is 16.0 Å². The number of halogens is 3. The molecule has 1 heterocycles. The monoisotopic (exact) mass is 805 g/mol. The van der Waals surface area contributed by atoms with E-state index >= 15 is 0 Å². The van der Waals surface area contributed by atoms with Gasteiger partial charge >= 0.3 is 0 Å². The number of carbonyl (C=O) groups excluding carboxylic acids is 4. The fraction of sp³-hybridized carbons (Fsp3) is 0.353. The number of rotatable bonds is 15. The second kappa shape index (κ2) is 18.8. The Morgan fingerprint density at radius 3 is 1.90 bits per heavy atom. The van der Waals surface area contributed by atoms with E-state index in [0.717, 1.165) is 18.8 Å². The summed E-state index contributed by atoms with van der Waals surface area (Å²) in [7, 11) is 0. The molecule has 0 spiro atoms. The molecule has 0 saturated carbocycles. The lowest BCUT2D eigenvalue weighted by atomic mass is 10.0. The summed E-state index contributed by atoms with van der Waals surface area (Å²) in [5.74, 6) is -3.39. The first kappa shape index (κ1) is 37.9. The van der Waals surface area contributed by atoms with Crippen LogP contribution in [0.4, 0.5) is 15.8 Å². The van der Waals surface area contributed by atoms with Crippen molar-refractivity contribution in [2.24, 2.45) is 0 Å². The molecule has 12 nitrogen and oxygen atoms in total. The molecule has 5 atom stereocenters. The third kappa shape index (κ3) is 11.1. The summed E-state index contributed by atoms with van der Waals surface area (Å²) in [4.78, 5) is 53.6. The van der Waals surface area contributed by atoms with E-state index in [0.29, 0.717) is 30.0 Å². The number of hydrogen-bond donors (Lipinski definition) is 6. The minimum Gasteiger partial charge on any atom is -0.394 e.